The van der Waals surface area contributed by atoms with Crippen LogP contribution in [0.3, 0.4) is 0 Å². The predicted octanol–water partition coefficient (Wildman–Crippen LogP) is 3.21. The zero-order valence-electron chi connectivity index (χ0n) is 18.1. The minimum atomic E-state index is -2.34. The molecule has 0 spiro atoms. The van der Waals surface area contributed by atoms with Crippen molar-refractivity contribution in [3.8, 4) is 11.5 Å². The van der Waals surface area contributed by atoms with E-state index in [-0.39, 0.29) is 23.5 Å². The Labute approximate surface area is 194 Å². The quantitative estimate of drug-likeness (QED) is 0.449. The summed E-state index contributed by atoms with van der Waals surface area (Å²) in [6, 6.07) is 8.97. The summed E-state index contributed by atoms with van der Waals surface area (Å²) in [5.41, 5.74) is -1.60. The number of aliphatic hydroxyl groups is 1. The van der Waals surface area contributed by atoms with Crippen LogP contribution >= 0.6 is 15.9 Å². The molecule has 0 radical (unpaired) electrons. The number of benzene rings is 2. The van der Waals surface area contributed by atoms with Crippen molar-refractivity contribution >= 4 is 39.2 Å². The third-order valence-corrected chi connectivity index (χ3v) is 5.52. The summed E-state index contributed by atoms with van der Waals surface area (Å²) in [5.74, 6) is -0.00309. The van der Waals surface area contributed by atoms with E-state index < -0.39 is 17.7 Å². The molecule has 0 saturated carbocycles. The third kappa shape index (κ3) is 4.52. The SMILES string of the molecule is CCOCCCNC(=O)C1(O)c2cc(Br)ccc2NC(=O)N1c1ccc(OC)cc1OC. The second-order valence-electron chi connectivity index (χ2n) is 6.97. The number of amides is 3. The zero-order chi connectivity index (χ0) is 23.3. The summed E-state index contributed by atoms with van der Waals surface area (Å²) in [6.07, 6.45) is 0.555. The number of anilines is 2. The second kappa shape index (κ2) is 10.2. The van der Waals surface area contributed by atoms with Crippen molar-refractivity contribution in [3.05, 3.63) is 46.4 Å². The number of urea groups is 1. The van der Waals surface area contributed by atoms with Crippen LogP contribution in [0.4, 0.5) is 16.2 Å². The number of hydrogen-bond donors (Lipinski definition) is 3. The van der Waals surface area contributed by atoms with Gasteiger partial charge >= 0.3 is 6.03 Å². The lowest BCUT2D eigenvalue weighted by atomic mass is 9.94. The second-order valence-corrected chi connectivity index (χ2v) is 7.89. The summed E-state index contributed by atoms with van der Waals surface area (Å²) in [6.45, 7) is 3.19. The lowest BCUT2D eigenvalue weighted by molar-refractivity contribution is -0.140. The monoisotopic (exact) mass is 507 g/mol. The van der Waals surface area contributed by atoms with E-state index in [1.54, 1.807) is 36.4 Å². The fraction of sp³-hybridized carbons (Fsp3) is 0.364. The molecule has 2 aromatic carbocycles. The van der Waals surface area contributed by atoms with Gasteiger partial charge in [-0.25, -0.2) is 9.69 Å². The molecular weight excluding hydrogens is 482 g/mol. The molecule has 3 amide bonds. The fourth-order valence-electron chi connectivity index (χ4n) is 3.47. The highest BCUT2D eigenvalue weighted by atomic mass is 79.9. The Morgan fingerprint density at radius 2 is 2.00 bits per heavy atom. The van der Waals surface area contributed by atoms with Crippen molar-refractivity contribution in [2.75, 3.05) is 44.2 Å². The van der Waals surface area contributed by atoms with Crippen molar-refractivity contribution in [2.24, 2.45) is 0 Å². The Bertz CT molecular complexity index is 1000. The van der Waals surface area contributed by atoms with Gasteiger partial charge in [-0.3, -0.25) is 4.79 Å². The van der Waals surface area contributed by atoms with Gasteiger partial charge in [-0.2, -0.15) is 0 Å². The minimum absolute atomic E-state index is 0.198. The van der Waals surface area contributed by atoms with Crippen LogP contribution in [0.15, 0.2) is 40.9 Å². The molecule has 32 heavy (non-hydrogen) atoms. The fourth-order valence-corrected chi connectivity index (χ4v) is 3.83. The maximum absolute atomic E-state index is 13.4. The first-order valence-electron chi connectivity index (χ1n) is 10.1. The Morgan fingerprint density at radius 3 is 2.69 bits per heavy atom. The van der Waals surface area contributed by atoms with E-state index in [0.29, 0.717) is 35.5 Å². The molecule has 9 nitrogen and oxygen atoms in total. The Kier molecular flexibility index (Phi) is 7.60. The maximum Gasteiger partial charge on any atom is 0.329 e. The number of fused-ring (bicyclic) bond motifs is 1. The normalized spacial score (nSPS) is 17.4. The van der Waals surface area contributed by atoms with Gasteiger partial charge in [0.25, 0.3) is 11.6 Å². The topological polar surface area (TPSA) is 109 Å². The first-order valence-corrected chi connectivity index (χ1v) is 10.9. The van der Waals surface area contributed by atoms with E-state index in [1.165, 1.54) is 14.2 Å². The number of rotatable bonds is 9. The molecule has 0 aromatic heterocycles. The standard InChI is InChI=1S/C22H26BrN3O6/c1-4-32-11-5-10-24-20(27)22(29)16-12-14(23)6-8-17(16)25-21(28)26(22)18-9-7-15(30-2)13-19(18)31-3/h6-9,12-13,29H,4-5,10-11H2,1-3H3,(H,24,27)(H,25,28). The summed E-state index contributed by atoms with van der Waals surface area (Å²) < 4.78 is 16.6. The van der Waals surface area contributed by atoms with Crippen LogP contribution in [0, 0.1) is 0 Å². The average Bonchev–Trinajstić information content (AvgIpc) is 2.79. The number of hydrogen-bond acceptors (Lipinski definition) is 6. The van der Waals surface area contributed by atoms with Crippen molar-refractivity contribution in [1.29, 1.82) is 0 Å². The van der Waals surface area contributed by atoms with E-state index in [4.69, 9.17) is 14.2 Å². The molecule has 0 aliphatic carbocycles. The third-order valence-electron chi connectivity index (χ3n) is 5.03. The van der Waals surface area contributed by atoms with Gasteiger partial charge < -0.3 is 30.0 Å². The molecule has 1 atom stereocenters. The minimum Gasteiger partial charge on any atom is -0.497 e. The lowest BCUT2D eigenvalue weighted by Gasteiger charge is -2.43. The molecule has 2 aromatic rings. The van der Waals surface area contributed by atoms with E-state index in [1.807, 2.05) is 6.92 Å². The molecule has 0 bridgehead atoms. The highest BCUT2D eigenvalue weighted by molar-refractivity contribution is 9.10. The van der Waals surface area contributed by atoms with Gasteiger partial charge in [0.1, 0.15) is 11.5 Å². The number of halogens is 1. The molecular formula is C22H26BrN3O6. The molecule has 0 saturated heterocycles. The predicted molar refractivity (Wildman–Crippen MR) is 123 cm³/mol. The highest BCUT2D eigenvalue weighted by Crippen LogP contribution is 2.44. The van der Waals surface area contributed by atoms with Crippen LogP contribution in [-0.4, -0.2) is 51.0 Å². The molecule has 3 rings (SSSR count). The summed E-state index contributed by atoms with van der Waals surface area (Å²) in [4.78, 5) is 27.5. The summed E-state index contributed by atoms with van der Waals surface area (Å²) in [5, 5.41) is 17.3. The highest BCUT2D eigenvalue weighted by Gasteiger charge is 2.52. The van der Waals surface area contributed by atoms with Crippen LogP contribution in [0.25, 0.3) is 0 Å². The van der Waals surface area contributed by atoms with Gasteiger partial charge in [-0.05, 0) is 43.7 Å². The molecule has 10 heteroatoms. The summed E-state index contributed by atoms with van der Waals surface area (Å²) >= 11 is 3.38. The molecule has 1 unspecified atom stereocenters. The molecule has 0 fully saturated rings. The number of carbonyl (C=O) groups is 2. The van der Waals surface area contributed by atoms with Gasteiger partial charge in [0.05, 0.1) is 25.6 Å². The molecule has 3 N–H and O–H groups in total. The maximum atomic E-state index is 13.4. The van der Waals surface area contributed by atoms with Crippen molar-refractivity contribution in [3.63, 3.8) is 0 Å². The van der Waals surface area contributed by atoms with E-state index >= 15 is 0 Å². The van der Waals surface area contributed by atoms with Crippen LogP contribution in [-0.2, 0) is 15.3 Å². The zero-order valence-corrected chi connectivity index (χ0v) is 19.7. The van der Waals surface area contributed by atoms with Crippen LogP contribution < -0.4 is 25.0 Å². The number of nitrogens with zero attached hydrogens (tertiary/aromatic N) is 1. The first-order chi connectivity index (χ1) is 15.4. The molecule has 1 aliphatic rings. The first kappa shape index (κ1) is 23.8. The van der Waals surface area contributed by atoms with Gasteiger partial charge in [-0.1, -0.05) is 15.9 Å². The van der Waals surface area contributed by atoms with Crippen LogP contribution in [0.5, 0.6) is 11.5 Å². The molecule has 1 heterocycles. The van der Waals surface area contributed by atoms with E-state index in [0.717, 1.165) is 4.90 Å². The Balaban J connectivity index is 2.08. The largest absolute Gasteiger partial charge is 0.497 e. The smallest absolute Gasteiger partial charge is 0.329 e. The molecule has 172 valence electrons. The Hall–Kier alpha value is -2.82. The summed E-state index contributed by atoms with van der Waals surface area (Å²) in [7, 11) is 2.93. The van der Waals surface area contributed by atoms with E-state index in [2.05, 4.69) is 26.6 Å². The van der Waals surface area contributed by atoms with E-state index in [9.17, 15) is 14.7 Å². The number of carbonyl (C=O) groups excluding carboxylic acids is 2. The number of methoxy groups -OCH3 is 2. The van der Waals surface area contributed by atoms with Crippen LogP contribution in [0.2, 0.25) is 0 Å². The van der Waals surface area contributed by atoms with Gasteiger partial charge in [0.15, 0.2) is 0 Å². The van der Waals surface area contributed by atoms with Crippen molar-refractivity contribution in [1.82, 2.24) is 5.32 Å². The van der Waals surface area contributed by atoms with Gasteiger partial charge in [0.2, 0.25) is 0 Å². The van der Waals surface area contributed by atoms with Gasteiger partial charge in [0, 0.05) is 35.9 Å². The Morgan fingerprint density at radius 1 is 1.22 bits per heavy atom. The van der Waals surface area contributed by atoms with Crippen molar-refractivity contribution < 1.29 is 28.9 Å². The van der Waals surface area contributed by atoms with Crippen molar-refractivity contribution in [2.45, 2.75) is 19.1 Å². The number of nitrogens with one attached hydrogen (secondary N) is 2. The lowest BCUT2D eigenvalue weighted by Crippen LogP contribution is -2.62. The number of ether oxygens (including phenoxy) is 3. The molecule has 1 aliphatic heterocycles. The van der Waals surface area contributed by atoms with Crippen LogP contribution in [0.1, 0.15) is 18.9 Å². The average molecular weight is 508 g/mol. The van der Waals surface area contributed by atoms with Gasteiger partial charge in [-0.15, -0.1) is 0 Å².